The zero-order chi connectivity index (χ0) is 17.2. The van der Waals surface area contributed by atoms with Crippen LogP contribution in [0.25, 0.3) is 5.70 Å². The monoisotopic (exact) mass is 318 g/mol. The van der Waals surface area contributed by atoms with Crippen molar-refractivity contribution in [3.8, 4) is 5.75 Å². The Balaban J connectivity index is 2.47. The lowest BCUT2D eigenvalue weighted by Gasteiger charge is -2.29. The first kappa shape index (κ1) is 16.9. The Morgan fingerprint density at radius 1 is 1.17 bits per heavy atom. The normalized spacial score (nSPS) is 18.1. The fourth-order valence-electron chi connectivity index (χ4n) is 2.30. The number of esters is 1. The number of urea groups is 1. The summed E-state index contributed by atoms with van der Waals surface area (Å²) >= 11 is 0. The maximum absolute atomic E-state index is 12.5. The van der Waals surface area contributed by atoms with E-state index in [1.54, 1.807) is 59.1 Å². The Morgan fingerprint density at radius 2 is 1.78 bits per heavy atom. The molecule has 0 aliphatic carbocycles. The number of hydrogen-bond acceptors (Lipinski definition) is 4. The zero-order valence-electron chi connectivity index (χ0n) is 14.0. The van der Waals surface area contributed by atoms with E-state index in [-0.39, 0.29) is 6.03 Å². The Morgan fingerprint density at radius 3 is 2.30 bits per heavy atom. The van der Waals surface area contributed by atoms with Crippen molar-refractivity contribution in [2.45, 2.75) is 39.3 Å². The van der Waals surface area contributed by atoms with Gasteiger partial charge in [0, 0.05) is 0 Å². The molecule has 1 unspecified atom stereocenters. The SMILES string of the molecule is COc1ccc(C2=C(C(=O)OC(C)(C)C)C(C)NC(=O)N2)cc1. The van der Waals surface area contributed by atoms with Gasteiger partial charge in [0.25, 0.3) is 0 Å². The number of carbonyl (C=O) groups excluding carboxylic acids is 2. The van der Waals surface area contributed by atoms with Gasteiger partial charge in [-0.15, -0.1) is 0 Å². The van der Waals surface area contributed by atoms with Gasteiger partial charge in [-0.2, -0.15) is 0 Å². The molecule has 2 amide bonds. The Kier molecular flexibility index (Phi) is 4.63. The van der Waals surface area contributed by atoms with Gasteiger partial charge in [0.05, 0.1) is 24.4 Å². The van der Waals surface area contributed by atoms with Crippen LogP contribution >= 0.6 is 0 Å². The van der Waals surface area contributed by atoms with Crippen molar-refractivity contribution in [2.75, 3.05) is 7.11 Å². The van der Waals surface area contributed by atoms with Gasteiger partial charge in [-0.3, -0.25) is 0 Å². The van der Waals surface area contributed by atoms with E-state index in [1.807, 2.05) is 0 Å². The lowest BCUT2D eigenvalue weighted by molar-refractivity contribution is -0.150. The van der Waals surface area contributed by atoms with E-state index in [1.165, 1.54) is 0 Å². The minimum absolute atomic E-state index is 0.351. The number of hydrogen-bond donors (Lipinski definition) is 2. The minimum Gasteiger partial charge on any atom is -0.497 e. The van der Waals surface area contributed by atoms with E-state index < -0.39 is 17.6 Å². The highest BCUT2D eigenvalue weighted by atomic mass is 16.6. The van der Waals surface area contributed by atoms with Gasteiger partial charge in [0.15, 0.2) is 0 Å². The van der Waals surface area contributed by atoms with Crippen LogP contribution in [0.15, 0.2) is 29.8 Å². The first-order valence-electron chi connectivity index (χ1n) is 7.40. The van der Waals surface area contributed by atoms with Gasteiger partial charge in [-0.1, -0.05) is 0 Å². The Labute approximate surface area is 135 Å². The molecule has 0 aromatic heterocycles. The summed E-state index contributed by atoms with van der Waals surface area (Å²) in [5.41, 5.74) is 0.951. The summed E-state index contributed by atoms with van der Waals surface area (Å²) in [6.45, 7) is 7.16. The highest BCUT2D eigenvalue weighted by molar-refractivity contribution is 6.04. The van der Waals surface area contributed by atoms with E-state index in [2.05, 4.69) is 10.6 Å². The summed E-state index contributed by atoms with van der Waals surface area (Å²) < 4.78 is 10.6. The topological polar surface area (TPSA) is 76.7 Å². The molecule has 6 nitrogen and oxygen atoms in total. The maximum Gasteiger partial charge on any atom is 0.338 e. The molecule has 1 aromatic rings. The van der Waals surface area contributed by atoms with Crippen molar-refractivity contribution in [1.82, 2.24) is 10.6 Å². The van der Waals surface area contributed by atoms with Crippen LogP contribution in [0.2, 0.25) is 0 Å². The molecule has 0 radical (unpaired) electrons. The second-order valence-electron chi connectivity index (χ2n) is 6.34. The highest BCUT2D eigenvalue weighted by Crippen LogP contribution is 2.26. The molecule has 1 aliphatic rings. The van der Waals surface area contributed by atoms with Crippen LogP contribution in [0.4, 0.5) is 4.79 Å². The maximum atomic E-state index is 12.5. The molecule has 23 heavy (non-hydrogen) atoms. The van der Waals surface area contributed by atoms with Crippen LogP contribution in [0, 0.1) is 0 Å². The van der Waals surface area contributed by atoms with E-state index in [4.69, 9.17) is 9.47 Å². The second kappa shape index (κ2) is 6.32. The Hall–Kier alpha value is -2.50. The summed E-state index contributed by atoms with van der Waals surface area (Å²) in [5, 5.41) is 5.39. The van der Waals surface area contributed by atoms with Crippen LogP contribution in [0.5, 0.6) is 5.75 Å². The van der Waals surface area contributed by atoms with Gasteiger partial charge in [0.2, 0.25) is 0 Å². The molecule has 0 spiro atoms. The first-order valence-corrected chi connectivity index (χ1v) is 7.40. The summed E-state index contributed by atoms with van der Waals surface area (Å²) in [4.78, 5) is 24.3. The largest absolute Gasteiger partial charge is 0.497 e. The number of methoxy groups -OCH3 is 1. The first-order chi connectivity index (χ1) is 10.7. The van der Waals surface area contributed by atoms with Gasteiger partial charge in [-0.25, -0.2) is 9.59 Å². The van der Waals surface area contributed by atoms with E-state index >= 15 is 0 Å². The second-order valence-corrected chi connectivity index (χ2v) is 6.34. The smallest absolute Gasteiger partial charge is 0.338 e. The molecule has 0 saturated heterocycles. The number of rotatable bonds is 3. The number of ether oxygens (including phenoxy) is 2. The minimum atomic E-state index is -0.615. The molecule has 1 aliphatic heterocycles. The molecule has 0 bridgehead atoms. The third-order valence-corrected chi connectivity index (χ3v) is 3.29. The van der Waals surface area contributed by atoms with Crippen molar-refractivity contribution in [3.63, 3.8) is 0 Å². The lowest BCUT2D eigenvalue weighted by atomic mass is 9.98. The third-order valence-electron chi connectivity index (χ3n) is 3.29. The fraction of sp³-hybridized carbons (Fsp3) is 0.412. The average Bonchev–Trinajstić information content (AvgIpc) is 2.44. The van der Waals surface area contributed by atoms with Gasteiger partial charge >= 0.3 is 12.0 Å². The standard InChI is InChI=1S/C17H22N2O4/c1-10-13(15(20)23-17(2,3)4)14(19-16(21)18-10)11-6-8-12(22-5)9-7-11/h6-10H,1-5H3,(H2,18,19,21). The van der Waals surface area contributed by atoms with Crippen LogP contribution < -0.4 is 15.4 Å². The van der Waals surface area contributed by atoms with Gasteiger partial charge < -0.3 is 20.1 Å². The molecule has 124 valence electrons. The van der Waals surface area contributed by atoms with E-state index in [9.17, 15) is 9.59 Å². The number of nitrogens with one attached hydrogen (secondary N) is 2. The van der Waals surface area contributed by atoms with Crippen molar-refractivity contribution in [3.05, 3.63) is 35.4 Å². The lowest BCUT2D eigenvalue weighted by Crippen LogP contribution is -2.49. The average molecular weight is 318 g/mol. The predicted molar refractivity (Wildman–Crippen MR) is 86.9 cm³/mol. The van der Waals surface area contributed by atoms with Crippen molar-refractivity contribution >= 4 is 17.7 Å². The summed E-state index contributed by atoms with van der Waals surface area (Å²) in [5.74, 6) is 0.241. The van der Waals surface area contributed by atoms with Crippen LogP contribution in [0.3, 0.4) is 0 Å². The van der Waals surface area contributed by atoms with Crippen LogP contribution in [-0.2, 0) is 9.53 Å². The highest BCUT2D eigenvalue weighted by Gasteiger charge is 2.32. The third kappa shape index (κ3) is 4.03. The molecular formula is C17H22N2O4. The molecule has 1 atom stereocenters. The summed E-state index contributed by atoms with van der Waals surface area (Å²) in [6, 6.07) is 6.32. The van der Waals surface area contributed by atoms with Crippen LogP contribution in [-0.4, -0.2) is 30.8 Å². The zero-order valence-corrected chi connectivity index (χ0v) is 14.0. The summed E-state index contributed by atoms with van der Waals surface area (Å²) in [7, 11) is 1.58. The van der Waals surface area contributed by atoms with E-state index in [0.717, 1.165) is 0 Å². The molecule has 6 heteroatoms. The molecule has 1 aromatic carbocycles. The molecule has 0 saturated carbocycles. The molecule has 0 fully saturated rings. The summed E-state index contributed by atoms with van der Waals surface area (Å²) in [6.07, 6.45) is 0. The van der Waals surface area contributed by atoms with Crippen LogP contribution in [0.1, 0.15) is 33.3 Å². The molecular weight excluding hydrogens is 296 g/mol. The predicted octanol–water partition coefficient (Wildman–Crippen LogP) is 2.45. The van der Waals surface area contributed by atoms with Crippen molar-refractivity contribution in [1.29, 1.82) is 0 Å². The molecule has 2 rings (SSSR count). The van der Waals surface area contributed by atoms with E-state index in [0.29, 0.717) is 22.6 Å². The molecule has 1 heterocycles. The van der Waals surface area contributed by atoms with Crippen molar-refractivity contribution in [2.24, 2.45) is 0 Å². The number of amides is 2. The fourth-order valence-corrected chi connectivity index (χ4v) is 2.30. The van der Waals surface area contributed by atoms with Gasteiger partial charge in [-0.05, 0) is 57.5 Å². The number of benzene rings is 1. The van der Waals surface area contributed by atoms with Gasteiger partial charge in [0.1, 0.15) is 11.4 Å². The van der Waals surface area contributed by atoms with Crippen molar-refractivity contribution < 1.29 is 19.1 Å². The number of carbonyl (C=O) groups is 2. The quantitative estimate of drug-likeness (QED) is 0.839. The Bertz CT molecular complexity index is 642. The molecule has 2 N–H and O–H groups in total.